The molecule has 1 fully saturated rings. The summed E-state index contributed by atoms with van der Waals surface area (Å²) >= 11 is 0. The Morgan fingerprint density at radius 2 is 2.19 bits per heavy atom. The Hall–Kier alpha value is -2.68. The Kier molecular flexibility index (Phi) is 5.08. The van der Waals surface area contributed by atoms with Crippen LogP contribution in [-0.2, 0) is 22.3 Å². The number of amides is 1. The number of nitrogens with zero attached hydrogens (tertiary/aromatic N) is 4. The number of likely N-dealkylation sites (tertiary alicyclic amines) is 1. The standard InChI is InChI=1S/C17H17F3N4O2/c1-2-16(25)23-9-14(24-5-3-4-22-24)15(10-23)26-11-12-6-13(8-21-7-12)17(18,19)20/h2-8,14-15H,1,9-11H2/t14-,15-/m1/s1. The molecule has 0 bridgehead atoms. The predicted molar refractivity (Wildman–Crippen MR) is 85.9 cm³/mol. The summed E-state index contributed by atoms with van der Waals surface area (Å²) in [5.74, 6) is -0.228. The number of ether oxygens (including phenoxy) is 1. The molecule has 1 amide bonds. The molecule has 2 atom stereocenters. The van der Waals surface area contributed by atoms with Gasteiger partial charge in [0.05, 0.1) is 24.3 Å². The second kappa shape index (κ2) is 7.28. The summed E-state index contributed by atoms with van der Waals surface area (Å²) in [6.07, 6.45) is 1.84. The minimum absolute atomic E-state index is 0.0462. The fraction of sp³-hybridized carbons (Fsp3) is 0.353. The summed E-state index contributed by atoms with van der Waals surface area (Å²) in [5.41, 5.74) is -0.510. The fourth-order valence-electron chi connectivity index (χ4n) is 2.89. The monoisotopic (exact) mass is 366 g/mol. The van der Waals surface area contributed by atoms with E-state index in [-0.39, 0.29) is 18.6 Å². The second-order valence-electron chi connectivity index (χ2n) is 5.93. The zero-order valence-corrected chi connectivity index (χ0v) is 13.8. The third-order valence-electron chi connectivity index (χ3n) is 4.17. The lowest BCUT2D eigenvalue weighted by Crippen LogP contribution is -2.28. The average molecular weight is 366 g/mol. The summed E-state index contributed by atoms with van der Waals surface area (Å²) in [7, 11) is 0. The quantitative estimate of drug-likeness (QED) is 0.763. The maximum absolute atomic E-state index is 12.8. The van der Waals surface area contributed by atoms with E-state index in [4.69, 9.17) is 4.74 Å². The number of aromatic nitrogens is 3. The van der Waals surface area contributed by atoms with E-state index in [1.807, 2.05) is 0 Å². The first-order valence-electron chi connectivity index (χ1n) is 7.91. The number of hydrogen-bond donors (Lipinski definition) is 0. The van der Waals surface area contributed by atoms with Gasteiger partial charge in [-0.15, -0.1) is 0 Å². The third kappa shape index (κ3) is 3.93. The fourth-order valence-corrected chi connectivity index (χ4v) is 2.89. The van der Waals surface area contributed by atoms with Crippen molar-refractivity contribution in [2.24, 2.45) is 0 Å². The van der Waals surface area contributed by atoms with Crippen LogP contribution in [-0.4, -0.2) is 44.8 Å². The zero-order valence-electron chi connectivity index (χ0n) is 13.8. The molecule has 0 spiro atoms. The van der Waals surface area contributed by atoms with Crippen molar-refractivity contribution in [1.82, 2.24) is 19.7 Å². The number of pyridine rings is 1. The molecular weight excluding hydrogens is 349 g/mol. The molecule has 26 heavy (non-hydrogen) atoms. The molecule has 2 aromatic heterocycles. The molecule has 1 saturated heterocycles. The van der Waals surface area contributed by atoms with Crippen molar-refractivity contribution in [3.63, 3.8) is 0 Å². The first kappa shape index (κ1) is 18.1. The van der Waals surface area contributed by atoms with E-state index in [9.17, 15) is 18.0 Å². The summed E-state index contributed by atoms with van der Waals surface area (Å²) < 4.78 is 45.9. The highest BCUT2D eigenvalue weighted by Crippen LogP contribution is 2.30. The van der Waals surface area contributed by atoms with Gasteiger partial charge in [0.15, 0.2) is 0 Å². The minimum atomic E-state index is -4.46. The van der Waals surface area contributed by atoms with E-state index in [2.05, 4.69) is 16.7 Å². The number of carbonyl (C=O) groups excluding carboxylic acids is 1. The van der Waals surface area contributed by atoms with E-state index in [1.54, 1.807) is 28.0 Å². The Morgan fingerprint density at radius 3 is 2.85 bits per heavy atom. The molecule has 6 nitrogen and oxygen atoms in total. The lowest BCUT2D eigenvalue weighted by molar-refractivity contribution is -0.138. The van der Waals surface area contributed by atoms with Crippen molar-refractivity contribution in [3.8, 4) is 0 Å². The van der Waals surface area contributed by atoms with Crippen LogP contribution in [0.25, 0.3) is 0 Å². The molecule has 0 N–H and O–H groups in total. The molecule has 3 heterocycles. The van der Waals surface area contributed by atoms with Crippen LogP contribution < -0.4 is 0 Å². The van der Waals surface area contributed by atoms with E-state index in [1.165, 1.54) is 12.3 Å². The van der Waals surface area contributed by atoms with Gasteiger partial charge in [-0.3, -0.25) is 14.5 Å². The Balaban J connectivity index is 1.72. The average Bonchev–Trinajstić information content (AvgIpc) is 3.28. The Labute approximate surface area is 147 Å². The Bertz CT molecular complexity index is 777. The maximum Gasteiger partial charge on any atom is 0.417 e. The molecule has 138 valence electrons. The molecule has 1 aliphatic rings. The van der Waals surface area contributed by atoms with Gasteiger partial charge in [-0.05, 0) is 23.8 Å². The highest BCUT2D eigenvalue weighted by Gasteiger charge is 2.37. The van der Waals surface area contributed by atoms with E-state index < -0.39 is 17.8 Å². The molecule has 0 saturated carbocycles. The van der Waals surface area contributed by atoms with Crippen molar-refractivity contribution < 1.29 is 22.7 Å². The van der Waals surface area contributed by atoms with Crippen molar-refractivity contribution >= 4 is 5.91 Å². The molecule has 3 rings (SSSR count). The summed E-state index contributed by atoms with van der Waals surface area (Å²) in [6.45, 7) is 4.12. The van der Waals surface area contributed by atoms with Crippen LogP contribution in [0.1, 0.15) is 17.2 Å². The van der Waals surface area contributed by atoms with E-state index in [0.29, 0.717) is 18.7 Å². The molecule has 9 heteroatoms. The maximum atomic E-state index is 12.8. The van der Waals surface area contributed by atoms with E-state index in [0.717, 1.165) is 12.3 Å². The van der Waals surface area contributed by atoms with Gasteiger partial charge in [-0.2, -0.15) is 18.3 Å². The van der Waals surface area contributed by atoms with Crippen LogP contribution in [0.5, 0.6) is 0 Å². The topological polar surface area (TPSA) is 60.2 Å². The van der Waals surface area contributed by atoms with E-state index >= 15 is 0 Å². The largest absolute Gasteiger partial charge is 0.417 e. The molecule has 0 aliphatic carbocycles. The molecule has 0 aromatic carbocycles. The van der Waals surface area contributed by atoms with Crippen molar-refractivity contribution in [1.29, 1.82) is 0 Å². The van der Waals surface area contributed by atoms with Crippen LogP contribution >= 0.6 is 0 Å². The van der Waals surface area contributed by atoms with Gasteiger partial charge in [0.2, 0.25) is 5.91 Å². The van der Waals surface area contributed by atoms with Crippen molar-refractivity contribution in [2.45, 2.75) is 24.9 Å². The lowest BCUT2D eigenvalue weighted by Gasteiger charge is -2.19. The lowest BCUT2D eigenvalue weighted by atomic mass is 10.2. The smallest absolute Gasteiger partial charge is 0.369 e. The normalized spacial score (nSPS) is 20.3. The SMILES string of the molecule is C=CC(=O)N1C[C@@H](n2cccn2)[C@H](OCc2cncc(C(F)(F)F)c2)C1. The predicted octanol–water partition coefficient (Wildman–Crippen LogP) is 2.45. The van der Waals surface area contributed by atoms with Gasteiger partial charge in [0.25, 0.3) is 0 Å². The van der Waals surface area contributed by atoms with Crippen molar-refractivity contribution in [3.05, 3.63) is 60.7 Å². The van der Waals surface area contributed by atoms with Gasteiger partial charge >= 0.3 is 6.18 Å². The Morgan fingerprint density at radius 1 is 1.38 bits per heavy atom. The molecule has 0 radical (unpaired) electrons. The number of rotatable bonds is 5. The van der Waals surface area contributed by atoms with Crippen LogP contribution in [0.4, 0.5) is 13.2 Å². The highest BCUT2D eigenvalue weighted by atomic mass is 19.4. The first-order chi connectivity index (χ1) is 12.4. The van der Waals surface area contributed by atoms with Crippen LogP contribution in [0.3, 0.4) is 0 Å². The first-order valence-corrected chi connectivity index (χ1v) is 7.91. The molecule has 2 aromatic rings. The summed E-state index contributed by atoms with van der Waals surface area (Å²) in [5, 5.41) is 4.18. The molecular formula is C17H17F3N4O2. The van der Waals surface area contributed by atoms with Gasteiger partial charge in [-0.25, -0.2) is 0 Å². The summed E-state index contributed by atoms with van der Waals surface area (Å²) in [6, 6.07) is 2.54. The summed E-state index contributed by atoms with van der Waals surface area (Å²) in [4.78, 5) is 17.1. The number of hydrogen-bond acceptors (Lipinski definition) is 4. The van der Waals surface area contributed by atoms with Crippen LogP contribution in [0.15, 0.2) is 49.6 Å². The van der Waals surface area contributed by atoms with Crippen LogP contribution in [0.2, 0.25) is 0 Å². The number of carbonyl (C=O) groups is 1. The number of halogens is 3. The molecule has 0 unspecified atom stereocenters. The van der Waals surface area contributed by atoms with Gasteiger partial charge in [-0.1, -0.05) is 6.58 Å². The second-order valence-corrected chi connectivity index (χ2v) is 5.93. The highest BCUT2D eigenvalue weighted by molar-refractivity contribution is 5.87. The van der Waals surface area contributed by atoms with Gasteiger partial charge in [0, 0.05) is 37.9 Å². The molecule has 1 aliphatic heterocycles. The van der Waals surface area contributed by atoms with Crippen LogP contribution in [0, 0.1) is 0 Å². The van der Waals surface area contributed by atoms with Crippen molar-refractivity contribution in [2.75, 3.05) is 13.1 Å². The number of alkyl halides is 3. The minimum Gasteiger partial charge on any atom is -0.369 e. The zero-order chi connectivity index (χ0) is 18.7. The third-order valence-corrected chi connectivity index (χ3v) is 4.17. The van der Waals surface area contributed by atoms with Gasteiger partial charge < -0.3 is 9.64 Å². The van der Waals surface area contributed by atoms with Gasteiger partial charge in [0.1, 0.15) is 0 Å².